The molecule has 20 heavy (non-hydrogen) atoms. The van der Waals surface area contributed by atoms with E-state index in [1.807, 2.05) is 45.9 Å². The Labute approximate surface area is 121 Å². The molecule has 0 aliphatic rings. The fraction of sp³-hybridized carbons (Fsp3) is 0.500. The first-order chi connectivity index (χ1) is 9.16. The molecule has 1 aromatic carbocycles. The van der Waals surface area contributed by atoms with Crippen molar-refractivity contribution in [1.29, 1.82) is 0 Å². The van der Waals surface area contributed by atoms with E-state index in [1.165, 1.54) is 0 Å². The summed E-state index contributed by atoms with van der Waals surface area (Å²) < 4.78 is 0. The molecule has 0 aromatic heterocycles. The molecule has 0 aliphatic heterocycles. The van der Waals surface area contributed by atoms with Gasteiger partial charge in [-0.2, -0.15) is 0 Å². The summed E-state index contributed by atoms with van der Waals surface area (Å²) in [5, 5.41) is 5.62. The molecule has 1 rings (SSSR count). The van der Waals surface area contributed by atoms with Crippen LogP contribution in [0.25, 0.3) is 0 Å². The fourth-order valence-electron chi connectivity index (χ4n) is 1.71. The molecule has 0 spiro atoms. The summed E-state index contributed by atoms with van der Waals surface area (Å²) in [7, 11) is 0. The average Bonchev–Trinajstić information content (AvgIpc) is 2.33. The van der Waals surface area contributed by atoms with E-state index < -0.39 is 5.41 Å². The van der Waals surface area contributed by atoms with Crippen LogP contribution in [0.1, 0.15) is 38.8 Å². The first-order valence-corrected chi connectivity index (χ1v) is 6.85. The van der Waals surface area contributed by atoms with Gasteiger partial charge in [0, 0.05) is 11.7 Å². The maximum absolute atomic E-state index is 12.3. The molecule has 0 saturated heterocycles. The lowest BCUT2D eigenvalue weighted by Crippen LogP contribution is -2.47. The van der Waals surface area contributed by atoms with Crippen LogP contribution in [0.2, 0.25) is 0 Å². The summed E-state index contributed by atoms with van der Waals surface area (Å²) in [6, 6.07) is 5.73. The number of aryl methyl sites for hydroxylation is 1. The third-order valence-corrected chi connectivity index (χ3v) is 3.41. The van der Waals surface area contributed by atoms with Crippen LogP contribution in [-0.4, -0.2) is 17.9 Å². The summed E-state index contributed by atoms with van der Waals surface area (Å²) in [5.74, 6) is -0.570. The highest BCUT2D eigenvalue weighted by molar-refractivity contribution is 6.10. The molecule has 0 aliphatic carbocycles. The zero-order valence-corrected chi connectivity index (χ0v) is 13.1. The molecule has 110 valence electrons. The zero-order valence-electron chi connectivity index (χ0n) is 13.1. The van der Waals surface area contributed by atoms with Crippen molar-refractivity contribution in [2.45, 2.75) is 47.6 Å². The number of anilines is 1. The maximum atomic E-state index is 12.3. The highest BCUT2D eigenvalue weighted by Crippen LogP contribution is 2.23. The lowest BCUT2D eigenvalue weighted by atomic mass is 9.90. The molecule has 0 fully saturated rings. The van der Waals surface area contributed by atoms with Gasteiger partial charge in [-0.15, -0.1) is 0 Å². The molecule has 1 aromatic rings. The Morgan fingerprint density at radius 2 is 1.70 bits per heavy atom. The summed E-state index contributed by atoms with van der Waals surface area (Å²) >= 11 is 0. The number of rotatable bonds is 4. The van der Waals surface area contributed by atoms with Crippen molar-refractivity contribution >= 4 is 17.5 Å². The van der Waals surface area contributed by atoms with E-state index >= 15 is 0 Å². The van der Waals surface area contributed by atoms with E-state index in [-0.39, 0.29) is 17.9 Å². The lowest BCUT2D eigenvalue weighted by molar-refractivity contribution is -0.138. The van der Waals surface area contributed by atoms with E-state index in [1.54, 1.807) is 13.8 Å². The SMILES string of the molecule is Cc1cccc(NC(=O)C(C)(C)C(=O)NC(C)C)c1C. The molecule has 0 atom stereocenters. The highest BCUT2D eigenvalue weighted by Gasteiger charge is 2.36. The van der Waals surface area contributed by atoms with Gasteiger partial charge in [0.15, 0.2) is 0 Å². The van der Waals surface area contributed by atoms with Gasteiger partial charge >= 0.3 is 0 Å². The van der Waals surface area contributed by atoms with E-state index in [4.69, 9.17) is 0 Å². The monoisotopic (exact) mass is 276 g/mol. The van der Waals surface area contributed by atoms with Gasteiger partial charge in [0.2, 0.25) is 11.8 Å². The van der Waals surface area contributed by atoms with E-state index in [2.05, 4.69) is 10.6 Å². The van der Waals surface area contributed by atoms with Gasteiger partial charge in [0.05, 0.1) is 0 Å². The minimum Gasteiger partial charge on any atom is -0.353 e. The second-order valence-corrected chi connectivity index (χ2v) is 5.95. The Morgan fingerprint density at radius 1 is 1.10 bits per heavy atom. The Hall–Kier alpha value is -1.84. The number of hydrogen-bond acceptors (Lipinski definition) is 2. The second-order valence-electron chi connectivity index (χ2n) is 5.95. The van der Waals surface area contributed by atoms with Crippen molar-refractivity contribution in [2.24, 2.45) is 5.41 Å². The number of carbonyl (C=O) groups is 2. The van der Waals surface area contributed by atoms with Crippen LogP contribution in [-0.2, 0) is 9.59 Å². The molecule has 4 heteroatoms. The van der Waals surface area contributed by atoms with Crippen LogP contribution in [0.5, 0.6) is 0 Å². The van der Waals surface area contributed by atoms with Crippen molar-refractivity contribution in [2.75, 3.05) is 5.32 Å². The van der Waals surface area contributed by atoms with Gasteiger partial charge in [-0.25, -0.2) is 0 Å². The van der Waals surface area contributed by atoms with Crippen LogP contribution in [0, 0.1) is 19.3 Å². The summed E-state index contributed by atoms with van der Waals surface area (Å²) in [5.41, 5.74) is 1.76. The van der Waals surface area contributed by atoms with Gasteiger partial charge in [0.1, 0.15) is 5.41 Å². The maximum Gasteiger partial charge on any atom is 0.239 e. The van der Waals surface area contributed by atoms with Gasteiger partial charge in [-0.05, 0) is 58.7 Å². The number of carbonyl (C=O) groups excluding carboxylic acids is 2. The third-order valence-electron chi connectivity index (χ3n) is 3.41. The number of benzene rings is 1. The molecule has 0 heterocycles. The molecule has 0 unspecified atom stereocenters. The van der Waals surface area contributed by atoms with E-state index in [9.17, 15) is 9.59 Å². The number of amides is 2. The fourth-order valence-corrected chi connectivity index (χ4v) is 1.71. The van der Waals surface area contributed by atoms with Crippen molar-refractivity contribution in [3.8, 4) is 0 Å². The molecule has 0 saturated carbocycles. The Bertz CT molecular complexity index is 519. The topological polar surface area (TPSA) is 58.2 Å². The summed E-state index contributed by atoms with van der Waals surface area (Å²) in [6.45, 7) is 10.9. The highest BCUT2D eigenvalue weighted by atomic mass is 16.2. The van der Waals surface area contributed by atoms with Gasteiger partial charge < -0.3 is 10.6 Å². The average molecular weight is 276 g/mol. The minimum atomic E-state index is -1.11. The molecule has 0 radical (unpaired) electrons. The van der Waals surface area contributed by atoms with Crippen LogP contribution in [0.4, 0.5) is 5.69 Å². The lowest BCUT2D eigenvalue weighted by Gasteiger charge is -2.24. The molecule has 2 N–H and O–H groups in total. The standard InChI is InChI=1S/C16H24N2O2/c1-10(2)17-14(19)16(5,6)15(20)18-13-9-7-8-11(3)12(13)4/h7-10H,1-6H3,(H,17,19)(H,18,20). The number of nitrogens with one attached hydrogen (secondary N) is 2. The molecule has 0 bridgehead atoms. The number of hydrogen-bond donors (Lipinski definition) is 2. The van der Waals surface area contributed by atoms with Crippen LogP contribution in [0.3, 0.4) is 0 Å². The largest absolute Gasteiger partial charge is 0.353 e. The first kappa shape index (κ1) is 16.2. The third kappa shape index (κ3) is 3.59. The smallest absolute Gasteiger partial charge is 0.239 e. The van der Waals surface area contributed by atoms with Crippen LogP contribution < -0.4 is 10.6 Å². The van der Waals surface area contributed by atoms with E-state index in [0.717, 1.165) is 16.8 Å². The van der Waals surface area contributed by atoms with Crippen molar-refractivity contribution in [3.05, 3.63) is 29.3 Å². The van der Waals surface area contributed by atoms with E-state index in [0.29, 0.717) is 0 Å². The van der Waals surface area contributed by atoms with Crippen LogP contribution in [0.15, 0.2) is 18.2 Å². The molecule has 2 amide bonds. The first-order valence-electron chi connectivity index (χ1n) is 6.85. The Morgan fingerprint density at radius 3 is 2.25 bits per heavy atom. The minimum absolute atomic E-state index is 0.00952. The molecule has 4 nitrogen and oxygen atoms in total. The normalized spacial score (nSPS) is 11.3. The van der Waals surface area contributed by atoms with Crippen LogP contribution >= 0.6 is 0 Å². The van der Waals surface area contributed by atoms with Crippen molar-refractivity contribution < 1.29 is 9.59 Å². The van der Waals surface area contributed by atoms with Crippen molar-refractivity contribution in [3.63, 3.8) is 0 Å². The predicted molar refractivity (Wildman–Crippen MR) is 81.6 cm³/mol. The second kappa shape index (κ2) is 6.07. The zero-order chi connectivity index (χ0) is 15.5. The van der Waals surface area contributed by atoms with Gasteiger partial charge in [-0.1, -0.05) is 12.1 Å². The summed E-state index contributed by atoms with van der Waals surface area (Å²) in [6.07, 6.45) is 0. The molecular formula is C16H24N2O2. The quantitative estimate of drug-likeness (QED) is 0.831. The Balaban J connectivity index is 2.89. The Kier molecular flexibility index (Phi) is 4.93. The predicted octanol–water partition coefficient (Wildman–Crippen LogP) is 2.79. The van der Waals surface area contributed by atoms with Gasteiger partial charge in [-0.3, -0.25) is 9.59 Å². The van der Waals surface area contributed by atoms with Gasteiger partial charge in [0.25, 0.3) is 0 Å². The molecular weight excluding hydrogens is 252 g/mol. The summed E-state index contributed by atoms with van der Waals surface area (Å²) in [4.78, 5) is 24.4. The van der Waals surface area contributed by atoms with Crippen molar-refractivity contribution in [1.82, 2.24) is 5.32 Å².